The van der Waals surface area contributed by atoms with Crippen molar-refractivity contribution in [2.45, 2.75) is 41.2 Å². The molecule has 3 rings (SSSR count). The smallest absolute Gasteiger partial charge is 0.261 e. The van der Waals surface area contributed by atoms with Crippen LogP contribution in [0, 0.1) is 6.92 Å². The third-order valence-electron chi connectivity index (χ3n) is 3.50. The number of pyridine rings is 1. The quantitative estimate of drug-likeness (QED) is 0.645. The predicted molar refractivity (Wildman–Crippen MR) is 115 cm³/mol. The minimum Gasteiger partial charge on any atom is -0.365 e. The Kier molecular flexibility index (Phi) is 10.5. The maximum absolute atomic E-state index is 12.6. The summed E-state index contributed by atoms with van der Waals surface area (Å²) in [5, 5.41) is 6.07. The van der Waals surface area contributed by atoms with Crippen LogP contribution in [0.5, 0.6) is 0 Å². The molecule has 2 N–H and O–H groups in total. The topological polar surface area (TPSA) is 79.8 Å². The van der Waals surface area contributed by atoms with Crippen LogP contribution in [0.1, 0.15) is 49.3 Å². The van der Waals surface area contributed by atoms with E-state index in [4.69, 9.17) is 0 Å². The summed E-state index contributed by atoms with van der Waals surface area (Å²) < 4.78 is 0. The van der Waals surface area contributed by atoms with Crippen molar-refractivity contribution in [2.24, 2.45) is 0 Å². The molecular weight excluding hydrogens is 350 g/mol. The van der Waals surface area contributed by atoms with E-state index in [1.807, 2.05) is 70.2 Å². The molecule has 0 aliphatic carbocycles. The molecule has 0 bridgehead atoms. The zero-order valence-electron chi connectivity index (χ0n) is 17.2. The molecule has 6 nitrogen and oxygen atoms in total. The maximum atomic E-state index is 12.6. The molecular formula is C22H29N5O. The molecule has 0 fully saturated rings. The van der Waals surface area contributed by atoms with E-state index in [0.717, 1.165) is 11.3 Å². The summed E-state index contributed by atoms with van der Waals surface area (Å²) in [4.78, 5) is 25.0. The largest absolute Gasteiger partial charge is 0.365 e. The molecule has 148 valence electrons. The van der Waals surface area contributed by atoms with E-state index in [1.54, 1.807) is 19.3 Å². The highest BCUT2D eigenvalue weighted by Gasteiger charge is 2.16. The van der Waals surface area contributed by atoms with Crippen LogP contribution in [0.15, 0.2) is 61.2 Å². The van der Waals surface area contributed by atoms with Crippen molar-refractivity contribution >= 4 is 17.4 Å². The van der Waals surface area contributed by atoms with Gasteiger partial charge in [-0.25, -0.2) is 9.97 Å². The van der Waals surface area contributed by atoms with Gasteiger partial charge in [-0.3, -0.25) is 9.78 Å². The van der Waals surface area contributed by atoms with Gasteiger partial charge in [0, 0.05) is 24.6 Å². The lowest BCUT2D eigenvalue weighted by atomic mass is 10.2. The SMILES string of the molecule is CC.CC.Cc1ncnc(NCc2ccncc2)c1C(=O)Nc1ccccc1. The first kappa shape index (κ1) is 22.8. The molecule has 3 aromatic rings. The predicted octanol–water partition coefficient (Wildman–Crippen LogP) is 5.10. The van der Waals surface area contributed by atoms with Crippen LogP contribution in [0.2, 0.25) is 0 Å². The van der Waals surface area contributed by atoms with Gasteiger partial charge in [-0.2, -0.15) is 0 Å². The summed E-state index contributed by atoms with van der Waals surface area (Å²) in [5.74, 6) is 0.268. The number of benzene rings is 1. The number of nitrogens with one attached hydrogen (secondary N) is 2. The Morgan fingerprint density at radius 1 is 0.929 bits per heavy atom. The van der Waals surface area contributed by atoms with Gasteiger partial charge in [-0.05, 0) is 36.8 Å². The lowest BCUT2D eigenvalue weighted by Gasteiger charge is -2.13. The van der Waals surface area contributed by atoms with Gasteiger partial charge in [-0.1, -0.05) is 45.9 Å². The molecule has 0 aliphatic heterocycles. The van der Waals surface area contributed by atoms with E-state index in [2.05, 4.69) is 25.6 Å². The molecule has 0 saturated heterocycles. The Morgan fingerprint density at radius 3 is 2.21 bits per heavy atom. The normalized spacial score (nSPS) is 9.18. The standard InChI is InChI=1S/C18H17N5O.2C2H6/c1-13-16(18(24)23-15-5-3-2-4-6-15)17(22-12-21-13)20-11-14-7-9-19-10-8-14;2*1-2/h2-10,12H,11H2,1H3,(H,23,24)(H,20,21,22);2*1-2H3. The van der Waals surface area contributed by atoms with Gasteiger partial charge in [0.25, 0.3) is 5.91 Å². The first-order valence-electron chi connectivity index (χ1n) is 9.55. The second-order valence-electron chi connectivity index (χ2n) is 5.21. The fraction of sp³-hybridized carbons (Fsp3) is 0.273. The maximum Gasteiger partial charge on any atom is 0.261 e. The molecule has 6 heteroatoms. The highest BCUT2D eigenvalue weighted by Crippen LogP contribution is 2.18. The molecule has 0 atom stereocenters. The van der Waals surface area contributed by atoms with E-state index in [0.29, 0.717) is 23.6 Å². The van der Waals surface area contributed by atoms with Gasteiger partial charge >= 0.3 is 0 Å². The average Bonchev–Trinajstić information content (AvgIpc) is 2.76. The highest BCUT2D eigenvalue weighted by molar-refractivity contribution is 6.08. The van der Waals surface area contributed by atoms with Crippen molar-refractivity contribution in [2.75, 3.05) is 10.6 Å². The first-order valence-corrected chi connectivity index (χ1v) is 9.55. The average molecular weight is 380 g/mol. The molecule has 2 heterocycles. The van der Waals surface area contributed by atoms with E-state index >= 15 is 0 Å². The monoisotopic (exact) mass is 379 g/mol. The summed E-state index contributed by atoms with van der Waals surface area (Å²) in [5.41, 5.74) is 2.84. The second-order valence-corrected chi connectivity index (χ2v) is 5.21. The lowest BCUT2D eigenvalue weighted by molar-refractivity contribution is 0.102. The number of aryl methyl sites for hydroxylation is 1. The van der Waals surface area contributed by atoms with E-state index in [-0.39, 0.29) is 5.91 Å². The zero-order valence-corrected chi connectivity index (χ0v) is 17.2. The van der Waals surface area contributed by atoms with Gasteiger partial charge in [0.15, 0.2) is 0 Å². The number of rotatable bonds is 5. The zero-order chi connectivity index (χ0) is 20.8. The van der Waals surface area contributed by atoms with Crippen LogP contribution >= 0.6 is 0 Å². The van der Waals surface area contributed by atoms with Crippen LogP contribution in [0.3, 0.4) is 0 Å². The molecule has 2 aromatic heterocycles. The number of carbonyl (C=O) groups is 1. The van der Waals surface area contributed by atoms with Crippen molar-refractivity contribution in [1.29, 1.82) is 0 Å². The van der Waals surface area contributed by atoms with Gasteiger partial charge in [-0.15, -0.1) is 0 Å². The van der Waals surface area contributed by atoms with Crippen LogP contribution in [-0.4, -0.2) is 20.9 Å². The number of hydrogen-bond donors (Lipinski definition) is 2. The molecule has 0 aliphatic rings. The number of para-hydroxylation sites is 1. The number of hydrogen-bond acceptors (Lipinski definition) is 5. The Morgan fingerprint density at radius 2 is 1.57 bits per heavy atom. The van der Waals surface area contributed by atoms with Crippen molar-refractivity contribution < 1.29 is 4.79 Å². The summed E-state index contributed by atoms with van der Waals surface area (Å²) in [6.07, 6.45) is 4.90. The Balaban J connectivity index is 0.000000921. The third-order valence-corrected chi connectivity index (χ3v) is 3.50. The van der Waals surface area contributed by atoms with Crippen molar-refractivity contribution in [3.8, 4) is 0 Å². The minimum atomic E-state index is -0.239. The number of amides is 1. The van der Waals surface area contributed by atoms with Gasteiger partial charge < -0.3 is 10.6 Å². The Hall–Kier alpha value is -3.28. The van der Waals surface area contributed by atoms with Gasteiger partial charge in [0.2, 0.25) is 0 Å². The van der Waals surface area contributed by atoms with E-state index in [9.17, 15) is 4.79 Å². The molecule has 28 heavy (non-hydrogen) atoms. The molecule has 0 spiro atoms. The van der Waals surface area contributed by atoms with Gasteiger partial charge in [0.05, 0.1) is 5.69 Å². The Bertz CT molecular complexity index is 823. The fourth-order valence-corrected chi connectivity index (χ4v) is 2.28. The fourth-order valence-electron chi connectivity index (χ4n) is 2.28. The van der Waals surface area contributed by atoms with Crippen LogP contribution in [0.25, 0.3) is 0 Å². The molecule has 1 amide bonds. The number of carbonyl (C=O) groups excluding carboxylic acids is 1. The van der Waals surface area contributed by atoms with Crippen LogP contribution in [0.4, 0.5) is 11.5 Å². The Labute approximate surface area is 167 Å². The third kappa shape index (κ3) is 6.79. The summed E-state index contributed by atoms with van der Waals surface area (Å²) in [6.45, 7) is 10.3. The molecule has 0 radical (unpaired) electrons. The molecule has 0 unspecified atom stereocenters. The number of aromatic nitrogens is 3. The highest BCUT2D eigenvalue weighted by atomic mass is 16.1. The van der Waals surface area contributed by atoms with Crippen molar-refractivity contribution in [3.63, 3.8) is 0 Å². The van der Waals surface area contributed by atoms with E-state index < -0.39 is 0 Å². The molecule has 0 saturated carbocycles. The van der Waals surface area contributed by atoms with Gasteiger partial charge in [0.1, 0.15) is 17.7 Å². The molecule has 1 aromatic carbocycles. The van der Waals surface area contributed by atoms with E-state index in [1.165, 1.54) is 6.33 Å². The van der Waals surface area contributed by atoms with Crippen LogP contribution in [-0.2, 0) is 6.54 Å². The lowest BCUT2D eigenvalue weighted by Crippen LogP contribution is -2.18. The minimum absolute atomic E-state index is 0.239. The summed E-state index contributed by atoms with van der Waals surface area (Å²) in [7, 11) is 0. The number of nitrogens with zero attached hydrogens (tertiary/aromatic N) is 3. The van der Waals surface area contributed by atoms with Crippen LogP contribution < -0.4 is 10.6 Å². The van der Waals surface area contributed by atoms with Crippen molar-refractivity contribution in [3.05, 3.63) is 78.0 Å². The number of anilines is 2. The first-order chi connectivity index (χ1) is 13.7. The van der Waals surface area contributed by atoms with Crippen molar-refractivity contribution in [1.82, 2.24) is 15.0 Å². The summed E-state index contributed by atoms with van der Waals surface area (Å²) in [6, 6.07) is 13.1. The second kappa shape index (κ2) is 13.0. The summed E-state index contributed by atoms with van der Waals surface area (Å²) >= 11 is 0.